The van der Waals surface area contributed by atoms with E-state index in [1.807, 2.05) is 0 Å². The van der Waals surface area contributed by atoms with E-state index in [0.717, 1.165) is 12.1 Å². The molecule has 1 saturated heterocycles. The smallest absolute Gasteiger partial charge is 0.394 e. The Kier molecular flexibility index (Phi) is 6.19. The molecule has 4 N–H and O–H groups in total. The van der Waals surface area contributed by atoms with Crippen molar-refractivity contribution in [2.75, 3.05) is 0 Å². The zero-order valence-corrected chi connectivity index (χ0v) is 14.8. The molecule has 1 aromatic carbocycles. The molecule has 10 nitrogen and oxygen atoms in total. The molecule has 1 fully saturated rings. The predicted octanol–water partition coefficient (Wildman–Crippen LogP) is 1.22. The highest BCUT2D eigenvalue weighted by atomic mass is 31.2. The molecule has 1 heterocycles. The van der Waals surface area contributed by atoms with Crippen molar-refractivity contribution in [1.29, 1.82) is 0 Å². The van der Waals surface area contributed by atoms with E-state index in [-0.39, 0.29) is 11.4 Å². The second-order valence-electron chi connectivity index (χ2n) is 6.17. The first-order valence-corrected chi connectivity index (χ1v) is 9.31. The molecule has 0 bridgehead atoms. The minimum absolute atomic E-state index is 0.0709. The summed E-state index contributed by atoms with van der Waals surface area (Å²) in [6.45, 7) is 1.40. The van der Waals surface area contributed by atoms with Gasteiger partial charge in [0.2, 0.25) is 6.29 Å². The first kappa shape index (κ1) is 21.6. The van der Waals surface area contributed by atoms with E-state index in [1.165, 1.54) is 19.1 Å². The van der Waals surface area contributed by atoms with Crippen molar-refractivity contribution in [3.05, 3.63) is 34.4 Å². The van der Waals surface area contributed by atoms with Crippen LogP contribution in [0.2, 0.25) is 0 Å². The Morgan fingerprint density at radius 1 is 1.26 bits per heavy atom. The van der Waals surface area contributed by atoms with E-state index in [9.17, 15) is 33.7 Å². The maximum Gasteiger partial charge on any atom is 0.394 e. The van der Waals surface area contributed by atoms with Crippen LogP contribution < -0.4 is 4.74 Å². The van der Waals surface area contributed by atoms with Crippen LogP contribution in [0.1, 0.15) is 13.3 Å². The van der Waals surface area contributed by atoms with E-state index in [0.29, 0.717) is 0 Å². The Balaban J connectivity index is 2.16. The Labute approximate surface area is 151 Å². The number of alkyl halides is 2. The first-order valence-electron chi connectivity index (χ1n) is 7.69. The Hall–Kier alpha value is -1.69. The second-order valence-corrected chi connectivity index (χ2v) is 7.91. The van der Waals surface area contributed by atoms with Crippen LogP contribution in [0.3, 0.4) is 0 Å². The number of non-ortho nitro benzene ring substituents is 1. The number of hydrogen-bond acceptors (Lipinski definition) is 7. The summed E-state index contributed by atoms with van der Waals surface area (Å²) in [5.41, 5.74) is -4.69. The van der Waals surface area contributed by atoms with Gasteiger partial charge in [0.25, 0.3) is 5.69 Å². The van der Waals surface area contributed by atoms with Gasteiger partial charge >= 0.3 is 13.3 Å². The van der Waals surface area contributed by atoms with Gasteiger partial charge in [-0.1, -0.05) is 6.92 Å². The summed E-state index contributed by atoms with van der Waals surface area (Å²) in [7, 11) is -5.81. The number of halogens is 2. The highest BCUT2D eigenvalue weighted by Crippen LogP contribution is 2.56. The maximum absolute atomic E-state index is 13.6. The van der Waals surface area contributed by atoms with Crippen molar-refractivity contribution >= 4 is 13.3 Å². The fourth-order valence-electron chi connectivity index (χ4n) is 2.51. The molecule has 13 heteroatoms. The van der Waals surface area contributed by atoms with Crippen molar-refractivity contribution in [3.63, 3.8) is 0 Å². The van der Waals surface area contributed by atoms with Crippen LogP contribution in [0, 0.1) is 16.0 Å². The third-order valence-electron chi connectivity index (χ3n) is 4.18. The van der Waals surface area contributed by atoms with Gasteiger partial charge in [0.05, 0.1) is 23.6 Å². The van der Waals surface area contributed by atoms with Gasteiger partial charge in [0.1, 0.15) is 11.9 Å². The van der Waals surface area contributed by atoms with Gasteiger partial charge in [-0.2, -0.15) is 8.78 Å². The number of nitro benzene ring substituents is 1. The van der Waals surface area contributed by atoms with Crippen LogP contribution in [-0.2, 0) is 9.30 Å². The van der Waals surface area contributed by atoms with Crippen molar-refractivity contribution in [1.82, 2.24) is 0 Å². The summed E-state index contributed by atoms with van der Waals surface area (Å²) < 4.78 is 48.8. The Morgan fingerprint density at radius 2 is 1.81 bits per heavy atom. The first-order chi connectivity index (χ1) is 12.3. The number of benzene rings is 1. The molecule has 0 spiro atoms. The van der Waals surface area contributed by atoms with Gasteiger partial charge in [-0.3, -0.25) is 14.7 Å². The number of ether oxygens (including phenoxy) is 2. The fourth-order valence-corrected chi connectivity index (χ4v) is 2.93. The molecule has 0 saturated carbocycles. The standard InChI is InChI=1S/C14H18F2NO9P/c1-7-11(18)12(19)10(6-14(15,16)27(22,23)24)26-13(7)25-9-4-2-8(3-5-9)17(20)21/h2-5,7,10-13,18-19H,6H2,1H3,(H2,22,23,24)/t7-,10+,11+,12+,13-/m0/s1. The summed E-state index contributed by atoms with van der Waals surface area (Å²) in [4.78, 5) is 27.5. The number of nitrogens with zero attached hydrogens (tertiary/aromatic N) is 1. The average molecular weight is 413 g/mol. The SMILES string of the molecule is C[C@@H]1[C@@H](Oc2ccc([N+](=O)[O-])cc2)O[C@H](CC(F)(F)P(=O)(O)O)[C@@H](O)[C@@H]1O. The summed E-state index contributed by atoms with van der Waals surface area (Å²) in [6, 6.07) is 4.72. The molecule has 152 valence electrons. The monoisotopic (exact) mass is 413 g/mol. The molecule has 1 aliphatic rings. The lowest BCUT2D eigenvalue weighted by Gasteiger charge is -2.42. The average Bonchev–Trinajstić information content (AvgIpc) is 2.56. The zero-order chi connectivity index (χ0) is 20.6. The van der Waals surface area contributed by atoms with Gasteiger partial charge in [0, 0.05) is 18.1 Å². The van der Waals surface area contributed by atoms with Gasteiger partial charge in [-0.05, 0) is 12.1 Å². The van der Waals surface area contributed by atoms with E-state index in [4.69, 9.17) is 19.3 Å². The molecule has 0 aliphatic carbocycles. The van der Waals surface area contributed by atoms with Crippen molar-refractivity contribution in [3.8, 4) is 5.75 Å². The molecule has 2 rings (SSSR count). The number of hydrogen-bond donors (Lipinski definition) is 4. The fraction of sp³-hybridized carbons (Fsp3) is 0.571. The lowest BCUT2D eigenvalue weighted by atomic mass is 9.91. The van der Waals surface area contributed by atoms with Gasteiger partial charge in [-0.15, -0.1) is 0 Å². The molecule has 0 radical (unpaired) electrons. The summed E-state index contributed by atoms with van der Waals surface area (Å²) in [6.07, 6.45) is -8.10. The summed E-state index contributed by atoms with van der Waals surface area (Å²) in [5.74, 6) is -0.823. The third kappa shape index (κ3) is 4.78. The number of rotatable bonds is 6. The largest absolute Gasteiger partial charge is 0.465 e. The van der Waals surface area contributed by atoms with Crippen molar-refractivity contribution in [2.45, 2.75) is 43.6 Å². The van der Waals surface area contributed by atoms with Crippen LogP contribution in [0.25, 0.3) is 0 Å². The van der Waals surface area contributed by atoms with Crippen molar-refractivity contribution in [2.24, 2.45) is 5.92 Å². The quantitative estimate of drug-likeness (QED) is 0.305. The van der Waals surface area contributed by atoms with Gasteiger partial charge in [0.15, 0.2) is 0 Å². The number of nitro groups is 1. The Morgan fingerprint density at radius 3 is 2.30 bits per heavy atom. The molecule has 1 aliphatic heterocycles. The van der Waals surface area contributed by atoms with E-state index < -0.39 is 55.1 Å². The van der Waals surface area contributed by atoms with Crippen LogP contribution >= 0.6 is 7.60 Å². The third-order valence-corrected chi connectivity index (χ3v) is 5.22. The van der Waals surface area contributed by atoms with E-state index in [1.54, 1.807) is 0 Å². The Bertz CT molecular complexity index is 726. The van der Waals surface area contributed by atoms with Gasteiger partial charge < -0.3 is 29.5 Å². The summed E-state index contributed by atoms with van der Waals surface area (Å²) in [5, 5.41) is 30.6. The topological polar surface area (TPSA) is 160 Å². The van der Waals surface area contributed by atoms with Crippen LogP contribution in [0.4, 0.5) is 14.5 Å². The number of aliphatic hydroxyl groups is 2. The molecule has 0 aromatic heterocycles. The number of aliphatic hydroxyl groups excluding tert-OH is 2. The predicted molar refractivity (Wildman–Crippen MR) is 85.2 cm³/mol. The molecule has 27 heavy (non-hydrogen) atoms. The zero-order valence-electron chi connectivity index (χ0n) is 13.9. The minimum atomic E-state index is -5.81. The van der Waals surface area contributed by atoms with Gasteiger partial charge in [-0.25, -0.2) is 0 Å². The lowest BCUT2D eigenvalue weighted by molar-refractivity contribution is -0.384. The highest BCUT2D eigenvalue weighted by Gasteiger charge is 2.54. The van der Waals surface area contributed by atoms with Crippen LogP contribution in [-0.4, -0.2) is 55.2 Å². The second kappa shape index (κ2) is 7.74. The van der Waals surface area contributed by atoms with Crippen LogP contribution in [0.5, 0.6) is 5.75 Å². The minimum Gasteiger partial charge on any atom is -0.465 e. The lowest BCUT2D eigenvalue weighted by Crippen LogP contribution is -2.56. The molecule has 5 atom stereocenters. The van der Waals surface area contributed by atoms with Crippen LogP contribution in [0.15, 0.2) is 24.3 Å². The summed E-state index contributed by atoms with van der Waals surface area (Å²) >= 11 is 0. The maximum atomic E-state index is 13.6. The molecule has 0 amide bonds. The molecular weight excluding hydrogens is 395 g/mol. The van der Waals surface area contributed by atoms with Crippen molar-refractivity contribution < 1.29 is 47.7 Å². The normalized spacial score (nSPS) is 29.4. The molecular formula is C14H18F2NO9P. The van der Waals surface area contributed by atoms with E-state index in [2.05, 4.69) is 0 Å². The van der Waals surface area contributed by atoms with E-state index >= 15 is 0 Å². The molecule has 0 unspecified atom stereocenters. The molecule has 1 aromatic rings. The highest BCUT2D eigenvalue weighted by molar-refractivity contribution is 7.53.